The molecular weight excluding hydrogens is 260 g/mol. The molecule has 0 atom stereocenters. The van der Waals surface area contributed by atoms with E-state index in [2.05, 4.69) is 27.8 Å². The molecule has 1 aromatic rings. The van der Waals surface area contributed by atoms with E-state index in [-0.39, 0.29) is 5.69 Å². The fourth-order valence-electron chi connectivity index (χ4n) is 1.11. The maximum Gasteiger partial charge on any atom is 0.293 e. The first-order chi connectivity index (χ1) is 7.15. The van der Waals surface area contributed by atoms with Crippen LogP contribution >= 0.6 is 15.9 Å². The van der Waals surface area contributed by atoms with Crippen LogP contribution in [0.1, 0.15) is 6.42 Å². The highest BCUT2D eigenvalue weighted by Crippen LogP contribution is 2.27. The topological polar surface area (TPSA) is 55.2 Å². The fourth-order valence-corrected chi connectivity index (χ4v) is 1.46. The minimum atomic E-state index is -0.402. The summed E-state index contributed by atoms with van der Waals surface area (Å²) in [7, 11) is 0. The molecule has 0 saturated carbocycles. The molecule has 0 amide bonds. The lowest BCUT2D eigenvalue weighted by Crippen LogP contribution is -2.03. The summed E-state index contributed by atoms with van der Waals surface area (Å²) in [6, 6.07) is 4.94. The van der Waals surface area contributed by atoms with E-state index in [0.717, 1.165) is 6.42 Å². The molecule has 0 fully saturated rings. The van der Waals surface area contributed by atoms with Gasteiger partial charge in [0.1, 0.15) is 5.69 Å². The normalized spacial score (nSPS) is 9.67. The summed E-state index contributed by atoms with van der Waals surface area (Å²) in [5.74, 6) is 0. The van der Waals surface area contributed by atoms with Gasteiger partial charge in [0.15, 0.2) is 0 Å². The molecule has 0 bridgehead atoms. The second-order valence-electron chi connectivity index (χ2n) is 2.92. The molecular formula is C10H11BrN2O2. The van der Waals surface area contributed by atoms with Gasteiger partial charge in [0.05, 0.1) is 4.92 Å². The van der Waals surface area contributed by atoms with Crippen molar-refractivity contribution in [3.05, 3.63) is 45.4 Å². The van der Waals surface area contributed by atoms with E-state index in [0.29, 0.717) is 16.7 Å². The van der Waals surface area contributed by atoms with Crippen molar-refractivity contribution in [2.75, 3.05) is 11.9 Å². The molecule has 0 aliphatic heterocycles. The highest BCUT2D eigenvalue weighted by molar-refractivity contribution is 9.10. The van der Waals surface area contributed by atoms with Crippen LogP contribution in [-0.2, 0) is 0 Å². The average Bonchev–Trinajstić information content (AvgIpc) is 2.20. The standard InChI is InChI=1S/C10H11BrN2O2/c1-2-3-6-12-9-5-4-8(11)7-10(9)13(14)15/h2,4-5,7,12H,1,3,6H2. The van der Waals surface area contributed by atoms with Crippen molar-refractivity contribution >= 4 is 27.3 Å². The molecule has 80 valence electrons. The van der Waals surface area contributed by atoms with E-state index in [1.54, 1.807) is 18.2 Å². The van der Waals surface area contributed by atoms with Gasteiger partial charge in [-0.3, -0.25) is 10.1 Å². The summed E-state index contributed by atoms with van der Waals surface area (Å²) >= 11 is 3.20. The third-order valence-corrected chi connectivity index (χ3v) is 2.31. The van der Waals surface area contributed by atoms with Crippen LogP contribution in [0.15, 0.2) is 35.3 Å². The highest BCUT2D eigenvalue weighted by atomic mass is 79.9. The number of nitro benzene ring substituents is 1. The second kappa shape index (κ2) is 5.50. The zero-order chi connectivity index (χ0) is 11.3. The summed E-state index contributed by atoms with van der Waals surface area (Å²) in [5, 5.41) is 13.7. The first-order valence-electron chi connectivity index (χ1n) is 4.44. The van der Waals surface area contributed by atoms with E-state index in [1.807, 2.05) is 0 Å². The molecule has 1 rings (SSSR count). The van der Waals surface area contributed by atoms with Crippen LogP contribution in [0.2, 0.25) is 0 Å². The number of hydrogen-bond donors (Lipinski definition) is 1. The lowest BCUT2D eigenvalue weighted by atomic mass is 10.2. The first kappa shape index (κ1) is 11.7. The van der Waals surface area contributed by atoms with Crippen LogP contribution in [0, 0.1) is 10.1 Å². The number of rotatable bonds is 5. The molecule has 0 spiro atoms. The predicted octanol–water partition coefficient (Wildman–Crippen LogP) is 3.35. The van der Waals surface area contributed by atoms with Gasteiger partial charge in [-0.2, -0.15) is 0 Å². The van der Waals surface area contributed by atoms with Gasteiger partial charge < -0.3 is 5.32 Å². The Morgan fingerprint density at radius 2 is 2.33 bits per heavy atom. The molecule has 15 heavy (non-hydrogen) atoms. The summed E-state index contributed by atoms with van der Waals surface area (Å²) in [5.41, 5.74) is 0.610. The zero-order valence-electron chi connectivity index (χ0n) is 8.07. The maximum atomic E-state index is 10.7. The summed E-state index contributed by atoms with van der Waals surface area (Å²) in [6.07, 6.45) is 2.53. The Bertz CT molecular complexity index is 380. The fraction of sp³-hybridized carbons (Fsp3) is 0.200. The number of nitrogens with zero attached hydrogens (tertiary/aromatic N) is 1. The highest BCUT2D eigenvalue weighted by Gasteiger charge is 2.12. The molecule has 5 heteroatoms. The Morgan fingerprint density at radius 1 is 1.60 bits per heavy atom. The average molecular weight is 271 g/mol. The van der Waals surface area contributed by atoms with Crippen molar-refractivity contribution in [2.24, 2.45) is 0 Å². The number of benzene rings is 1. The molecule has 0 aliphatic carbocycles. The van der Waals surface area contributed by atoms with Gasteiger partial charge >= 0.3 is 0 Å². The number of nitro groups is 1. The molecule has 0 radical (unpaired) electrons. The Morgan fingerprint density at radius 3 is 2.93 bits per heavy atom. The molecule has 0 heterocycles. The molecule has 1 aromatic carbocycles. The van der Waals surface area contributed by atoms with Gasteiger partial charge in [0.2, 0.25) is 0 Å². The lowest BCUT2D eigenvalue weighted by molar-refractivity contribution is -0.384. The van der Waals surface area contributed by atoms with Gasteiger partial charge in [0, 0.05) is 17.1 Å². The molecule has 0 aromatic heterocycles. The van der Waals surface area contributed by atoms with Crippen molar-refractivity contribution in [3.63, 3.8) is 0 Å². The smallest absolute Gasteiger partial charge is 0.293 e. The van der Waals surface area contributed by atoms with Crippen LogP contribution in [0.3, 0.4) is 0 Å². The van der Waals surface area contributed by atoms with Crippen molar-refractivity contribution in [1.82, 2.24) is 0 Å². The minimum absolute atomic E-state index is 0.0773. The van der Waals surface area contributed by atoms with Crippen molar-refractivity contribution in [3.8, 4) is 0 Å². The summed E-state index contributed by atoms with van der Waals surface area (Å²) in [6.45, 7) is 4.23. The van der Waals surface area contributed by atoms with Gasteiger partial charge in [-0.15, -0.1) is 6.58 Å². The van der Waals surface area contributed by atoms with Gasteiger partial charge in [-0.05, 0) is 18.6 Å². The van der Waals surface area contributed by atoms with Crippen LogP contribution < -0.4 is 5.32 Å². The minimum Gasteiger partial charge on any atom is -0.379 e. The number of hydrogen-bond acceptors (Lipinski definition) is 3. The number of nitrogens with one attached hydrogen (secondary N) is 1. The van der Waals surface area contributed by atoms with Crippen molar-refractivity contribution < 1.29 is 4.92 Å². The Kier molecular flexibility index (Phi) is 4.30. The predicted molar refractivity (Wildman–Crippen MR) is 64.1 cm³/mol. The number of halogens is 1. The Labute approximate surface area is 96.3 Å². The quantitative estimate of drug-likeness (QED) is 0.386. The van der Waals surface area contributed by atoms with E-state index < -0.39 is 4.92 Å². The third-order valence-electron chi connectivity index (χ3n) is 1.82. The van der Waals surface area contributed by atoms with E-state index in [1.165, 1.54) is 6.07 Å². The van der Waals surface area contributed by atoms with Crippen LogP contribution in [-0.4, -0.2) is 11.5 Å². The van der Waals surface area contributed by atoms with E-state index in [4.69, 9.17) is 0 Å². The van der Waals surface area contributed by atoms with Gasteiger partial charge in [0.25, 0.3) is 5.69 Å². The second-order valence-corrected chi connectivity index (χ2v) is 3.84. The van der Waals surface area contributed by atoms with Gasteiger partial charge in [-0.1, -0.05) is 22.0 Å². The molecule has 0 aliphatic rings. The van der Waals surface area contributed by atoms with Gasteiger partial charge in [-0.25, -0.2) is 0 Å². The van der Waals surface area contributed by atoms with E-state index in [9.17, 15) is 10.1 Å². The Hall–Kier alpha value is -1.36. The van der Waals surface area contributed by atoms with Crippen molar-refractivity contribution in [2.45, 2.75) is 6.42 Å². The summed E-state index contributed by atoms with van der Waals surface area (Å²) in [4.78, 5) is 10.3. The SMILES string of the molecule is C=CCCNc1ccc(Br)cc1[N+](=O)[O-]. The molecule has 1 N–H and O–H groups in total. The van der Waals surface area contributed by atoms with Crippen LogP contribution in [0.4, 0.5) is 11.4 Å². The van der Waals surface area contributed by atoms with Crippen LogP contribution in [0.25, 0.3) is 0 Å². The third kappa shape index (κ3) is 3.36. The lowest BCUT2D eigenvalue weighted by Gasteiger charge is -2.05. The van der Waals surface area contributed by atoms with Crippen molar-refractivity contribution in [1.29, 1.82) is 0 Å². The monoisotopic (exact) mass is 270 g/mol. The largest absolute Gasteiger partial charge is 0.379 e. The van der Waals surface area contributed by atoms with E-state index >= 15 is 0 Å². The zero-order valence-corrected chi connectivity index (χ0v) is 9.66. The maximum absolute atomic E-state index is 10.7. The number of anilines is 1. The van der Waals surface area contributed by atoms with Crippen LogP contribution in [0.5, 0.6) is 0 Å². The first-order valence-corrected chi connectivity index (χ1v) is 5.23. The summed E-state index contributed by atoms with van der Waals surface area (Å²) < 4.78 is 0.698. The molecule has 0 saturated heterocycles. The Balaban J connectivity index is 2.85. The molecule has 0 unspecified atom stereocenters. The molecule has 4 nitrogen and oxygen atoms in total.